The summed E-state index contributed by atoms with van der Waals surface area (Å²) < 4.78 is 11.2. The highest BCUT2D eigenvalue weighted by Crippen LogP contribution is 2.32. The van der Waals surface area contributed by atoms with E-state index in [-0.39, 0.29) is 5.91 Å². The predicted octanol–water partition coefficient (Wildman–Crippen LogP) is 5.41. The van der Waals surface area contributed by atoms with Crippen LogP contribution >= 0.6 is 11.6 Å². The third kappa shape index (κ3) is 3.50. The number of oxazole rings is 1. The number of nitrogens with zero attached hydrogens (tertiary/aromatic N) is 1. The highest BCUT2D eigenvalue weighted by atomic mass is 35.5. The van der Waals surface area contributed by atoms with Gasteiger partial charge in [-0.3, -0.25) is 4.79 Å². The summed E-state index contributed by atoms with van der Waals surface area (Å²) in [7, 11) is 1.55. The summed E-state index contributed by atoms with van der Waals surface area (Å²) in [5.74, 6) is 0.748. The van der Waals surface area contributed by atoms with E-state index in [1.807, 2.05) is 30.3 Å². The van der Waals surface area contributed by atoms with Crippen molar-refractivity contribution in [2.24, 2.45) is 0 Å². The Balaban J connectivity index is 1.68. The number of amides is 1. The maximum atomic E-state index is 12.5. The number of aromatic nitrogens is 1. The zero-order valence-electron chi connectivity index (χ0n) is 14.4. The van der Waals surface area contributed by atoms with Crippen LogP contribution in [0.25, 0.3) is 22.6 Å². The van der Waals surface area contributed by atoms with E-state index in [9.17, 15) is 4.79 Å². The zero-order chi connectivity index (χ0) is 18.8. The van der Waals surface area contributed by atoms with Gasteiger partial charge >= 0.3 is 0 Å². The van der Waals surface area contributed by atoms with Crippen molar-refractivity contribution in [3.63, 3.8) is 0 Å². The first-order valence-electron chi connectivity index (χ1n) is 8.25. The van der Waals surface area contributed by atoms with Crippen molar-refractivity contribution in [3.8, 4) is 17.2 Å². The Morgan fingerprint density at radius 3 is 2.59 bits per heavy atom. The maximum absolute atomic E-state index is 12.5. The molecule has 27 heavy (non-hydrogen) atoms. The number of carbonyl (C=O) groups excluding carboxylic acids is 1. The van der Waals surface area contributed by atoms with Gasteiger partial charge in [0.1, 0.15) is 11.3 Å². The standard InChI is InChI=1S/C21H15ClN2O3/c1-26-18-11-8-14(21-24-16-4-2-3-5-19(16)27-21)12-17(18)23-20(25)13-6-9-15(22)10-7-13/h2-12H,1H3,(H,23,25). The van der Waals surface area contributed by atoms with Crippen molar-refractivity contribution in [3.05, 3.63) is 77.3 Å². The first-order valence-corrected chi connectivity index (χ1v) is 8.63. The van der Waals surface area contributed by atoms with Crippen molar-refractivity contribution in [1.29, 1.82) is 0 Å². The van der Waals surface area contributed by atoms with Gasteiger partial charge < -0.3 is 14.5 Å². The normalized spacial score (nSPS) is 10.7. The quantitative estimate of drug-likeness (QED) is 0.515. The number of benzene rings is 3. The molecule has 1 N–H and O–H groups in total. The fourth-order valence-electron chi connectivity index (χ4n) is 2.73. The first-order chi connectivity index (χ1) is 13.1. The Bertz CT molecular complexity index is 1090. The van der Waals surface area contributed by atoms with Crippen LogP contribution in [0, 0.1) is 0 Å². The van der Waals surface area contributed by atoms with E-state index in [2.05, 4.69) is 10.3 Å². The van der Waals surface area contributed by atoms with E-state index >= 15 is 0 Å². The minimum absolute atomic E-state index is 0.264. The molecule has 0 spiro atoms. The summed E-state index contributed by atoms with van der Waals surface area (Å²) in [5.41, 5.74) is 3.23. The van der Waals surface area contributed by atoms with Crippen LogP contribution < -0.4 is 10.1 Å². The van der Waals surface area contributed by atoms with E-state index in [1.54, 1.807) is 43.5 Å². The minimum atomic E-state index is -0.264. The van der Waals surface area contributed by atoms with Crippen LogP contribution in [0.1, 0.15) is 10.4 Å². The molecule has 0 radical (unpaired) electrons. The molecule has 4 rings (SSSR count). The number of hydrogen-bond acceptors (Lipinski definition) is 4. The van der Waals surface area contributed by atoms with Crippen LogP contribution in [0.3, 0.4) is 0 Å². The van der Waals surface area contributed by atoms with Crippen LogP contribution in [0.15, 0.2) is 71.1 Å². The lowest BCUT2D eigenvalue weighted by Gasteiger charge is -2.11. The monoisotopic (exact) mass is 378 g/mol. The van der Waals surface area contributed by atoms with Gasteiger partial charge in [-0.05, 0) is 54.6 Å². The number of carbonyl (C=O) groups is 1. The molecule has 134 valence electrons. The fraction of sp³-hybridized carbons (Fsp3) is 0.0476. The number of nitrogens with one attached hydrogen (secondary N) is 1. The smallest absolute Gasteiger partial charge is 0.255 e. The Morgan fingerprint density at radius 2 is 1.85 bits per heavy atom. The van der Waals surface area contributed by atoms with Gasteiger partial charge in [0.15, 0.2) is 5.58 Å². The van der Waals surface area contributed by atoms with Crippen molar-refractivity contribution < 1.29 is 13.9 Å². The first kappa shape index (κ1) is 17.1. The van der Waals surface area contributed by atoms with Crippen LogP contribution in [-0.2, 0) is 0 Å². The zero-order valence-corrected chi connectivity index (χ0v) is 15.2. The largest absolute Gasteiger partial charge is 0.495 e. The molecule has 0 fully saturated rings. The van der Waals surface area contributed by atoms with Gasteiger partial charge in [-0.15, -0.1) is 0 Å². The van der Waals surface area contributed by atoms with Gasteiger partial charge in [-0.25, -0.2) is 4.98 Å². The molecule has 0 aliphatic heterocycles. The van der Waals surface area contributed by atoms with Crippen molar-refractivity contribution in [2.45, 2.75) is 0 Å². The second-order valence-electron chi connectivity index (χ2n) is 5.86. The topological polar surface area (TPSA) is 64.4 Å². The molecule has 0 bridgehead atoms. The Morgan fingerprint density at radius 1 is 1.07 bits per heavy atom. The number of hydrogen-bond donors (Lipinski definition) is 1. The molecule has 5 nitrogen and oxygen atoms in total. The number of halogens is 1. The van der Waals surface area contributed by atoms with Crippen LogP contribution in [-0.4, -0.2) is 18.0 Å². The molecule has 1 aromatic heterocycles. The van der Waals surface area contributed by atoms with Gasteiger partial charge in [0.2, 0.25) is 5.89 Å². The van der Waals surface area contributed by atoms with Gasteiger partial charge in [-0.1, -0.05) is 23.7 Å². The van der Waals surface area contributed by atoms with Gasteiger partial charge in [-0.2, -0.15) is 0 Å². The van der Waals surface area contributed by atoms with Gasteiger partial charge in [0.05, 0.1) is 12.8 Å². The third-order valence-corrected chi connectivity index (χ3v) is 4.35. The second-order valence-corrected chi connectivity index (χ2v) is 6.30. The van der Waals surface area contributed by atoms with E-state index in [0.29, 0.717) is 33.5 Å². The lowest BCUT2D eigenvalue weighted by atomic mass is 10.1. The molecule has 0 aliphatic carbocycles. The molecule has 0 unspecified atom stereocenters. The molecular formula is C21H15ClN2O3. The minimum Gasteiger partial charge on any atom is -0.495 e. The van der Waals surface area contributed by atoms with Crippen molar-refractivity contribution in [2.75, 3.05) is 12.4 Å². The molecule has 6 heteroatoms. The van der Waals surface area contributed by atoms with Crippen LogP contribution in [0.5, 0.6) is 5.75 Å². The maximum Gasteiger partial charge on any atom is 0.255 e. The summed E-state index contributed by atoms with van der Waals surface area (Å²) in [4.78, 5) is 17.0. The third-order valence-electron chi connectivity index (χ3n) is 4.09. The molecule has 0 aliphatic rings. The van der Waals surface area contributed by atoms with Gasteiger partial charge in [0, 0.05) is 16.1 Å². The van der Waals surface area contributed by atoms with E-state index in [1.165, 1.54) is 0 Å². The number of para-hydroxylation sites is 2. The fourth-order valence-corrected chi connectivity index (χ4v) is 2.86. The molecule has 0 saturated heterocycles. The number of methoxy groups -OCH3 is 1. The van der Waals surface area contributed by atoms with E-state index in [4.69, 9.17) is 20.8 Å². The lowest BCUT2D eigenvalue weighted by Crippen LogP contribution is -2.12. The summed E-state index contributed by atoms with van der Waals surface area (Å²) in [6.07, 6.45) is 0. The highest BCUT2D eigenvalue weighted by molar-refractivity contribution is 6.30. The average Bonchev–Trinajstić information content (AvgIpc) is 3.12. The van der Waals surface area contributed by atoms with Crippen LogP contribution in [0.4, 0.5) is 5.69 Å². The summed E-state index contributed by atoms with van der Waals surface area (Å²) in [6.45, 7) is 0. The molecule has 4 aromatic rings. The SMILES string of the molecule is COc1ccc(-c2nc3ccccc3o2)cc1NC(=O)c1ccc(Cl)cc1. The average molecular weight is 379 g/mol. The Hall–Kier alpha value is -3.31. The van der Waals surface area contributed by atoms with Gasteiger partial charge in [0.25, 0.3) is 5.91 Å². The summed E-state index contributed by atoms with van der Waals surface area (Å²) >= 11 is 5.88. The molecule has 1 amide bonds. The number of rotatable bonds is 4. The molecule has 3 aromatic carbocycles. The Kier molecular flexibility index (Phi) is 4.52. The predicted molar refractivity (Wildman–Crippen MR) is 105 cm³/mol. The number of fused-ring (bicyclic) bond motifs is 1. The number of ether oxygens (including phenoxy) is 1. The summed E-state index contributed by atoms with van der Waals surface area (Å²) in [6, 6.07) is 19.6. The summed E-state index contributed by atoms with van der Waals surface area (Å²) in [5, 5.41) is 3.44. The van der Waals surface area contributed by atoms with Crippen molar-refractivity contribution >= 4 is 34.3 Å². The number of anilines is 1. The van der Waals surface area contributed by atoms with Crippen molar-refractivity contribution in [1.82, 2.24) is 4.98 Å². The van der Waals surface area contributed by atoms with Crippen LogP contribution in [0.2, 0.25) is 5.02 Å². The molecule has 1 heterocycles. The highest BCUT2D eigenvalue weighted by Gasteiger charge is 2.14. The second kappa shape index (κ2) is 7.13. The molecule has 0 atom stereocenters. The van der Waals surface area contributed by atoms with E-state index < -0.39 is 0 Å². The lowest BCUT2D eigenvalue weighted by molar-refractivity contribution is 0.102. The Labute approximate surface area is 160 Å². The molecule has 0 saturated carbocycles. The molecular weight excluding hydrogens is 364 g/mol. The van der Waals surface area contributed by atoms with E-state index in [0.717, 1.165) is 11.1 Å².